The number of rotatable bonds is 4. The van der Waals surface area contributed by atoms with Crippen molar-refractivity contribution in [1.29, 1.82) is 0 Å². The van der Waals surface area contributed by atoms with E-state index < -0.39 is 9.84 Å². The first-order valence-corrected chi connectivity index (χ1v) is 7.99. The summed E-state index contributed by atoms with van der Waals surface area (Å²) in [4.78, 5) is 0. The van der Waals surface area contributed by atoms with Crippen LogP contribution in [-0.2, 0) is 28.7 Å². The second-order valence-electron chi connectivity index (χ2n) is 4.57. The molecule has 0 aliphatic heterocycles. The van der Waals surface area contributed by atoms with Crippen molar-refractivity contribution in [2.24, 2.45) is 5.73 Å². The minimum absolute atomic E-state index is 0.0818. The number of aryl methyl sites for hydroxylation is 1. The maximum Gasteiger partial charge on any atom is 0.151 e. The molecule has 1 aromatic heterocycles. The van der Waals surface area contributed by atoms with Gasteiger partial charge >= 0.3 is 0 Å². The zero-order chi connectivity index (χ0) is 13.3. The van der Waals surface area contributed by atoms with E-state index in [4.69, 9.17) is 5.73 Å². The van der Waals surface area contributed by atoms with E-state index in [-0.39, 0.29) is 5.75 Å². The lowest BCUT2D eigenvalue weighted by Crippen LogP contribution is -2.00. The number of benzene rings is 1. The van der Waals surface area contributed by atoms with Crippen LogP contribution in [0.4, 0.5) is 0 Å². The maximum absolute atomic E-state index is 11.4. The third kappa shape index (κ3) is 2.57. The largest absolute Gasteiger partial charge is 0.347 e. The Kier molecular flexibility index (Phi) is 3.45. The van der Waals surface area contributed by atoms with Gasteiger partial charge in [-0.15, -0.1) is 0 Å². The van der Waals surface area contributed by atoms with Crippen LogP contribution in [0.2, 0.25) is 0 Å². The molecule has 4 nitrogen and oxygen atoms in total. The van der Waals surface area contributed by atoms with Crippen molar-refractivity contribution in [3.8, 4) is 0 Å². The number of aromatic nitrogens is 1. The highest BCUT2D eigenvalue weighted by atomic mass is 32.2. The van der Waals surface area contributed by atoms with Crippen molar-refractivity contribution in [3.05, 3.63) is 35.5 Å². The van der Waals surface area contributed by atoms with Crippen LogP contribution in [0.3, 0.4) is 0 Å². The van der Waals surface area contributed by atoms with E-state index in [2.05, 4.69) is 4.57 Å². The summed E-state index contributed by atoms with van der Waals surface area (Å²) < 4.78 is 24.9. The van der Waals surface area contributed by atoms with E-state index in [0.717, 1.165) is 28.6 Å². The number of nitrogens with zero attached hydrogens (tertiary/aromatic N) is 1. The molecule has 0 spiro atoms. The van der Waals surface area contributed by atoms with E-state index >= 15 is 0 Å². The van der Waals surface area contributed by atoms with E-state index in [1.54, 1.807) is 0 Å². The molecule has 0 unspecified atom stereocenters. The first-order chi connectivity index (χ1) is 8.44. The Balaban J connectivity index is 2.62. The molecule has 0 fully saturated rings. The van der Waals surface area contributed by atoms with Crippen molar-refractivity contribution in [1.82, 2.24) is 4.57 Å². The van der Waals surface area contributed by atoms with Crippen LogP contribution in [0, 0.1) is 0 Å². The van der Waals surface area contributed by atoms with Crippen LogP contribution in [0.25, 0.3) is 10.9 Å². The fraction of sp³-hybridized carbons (Fsp3) is 0.385. The summed E-state index contributed by atoms with van der Waals surface area (Å²) in [6.07, 6.45) is 3.18. The van der Waals surface area contributed by atoms with Gasteiger partial charge in [0.15, 0.2) is 9.84 Å². The van der Waals surface area contributed by atoms with Crippen molar-refractivity contribution < 1.29 is 8.42 Å². The van der Waals surface area contributed by atoms with Crippen LogP contribution in [0.5, 0.6) is 0 Å². The Labute approximate surface area is 107 Å². The predicted octanol–water partition coefficient (Wildman–Crippen LogP) is 1.66. The molecule has 1 aromatic carbocycles. The molecule has 0 saturated carbocycles. The molecule has 0 bridgehead atoms. The molecule has 2 N–H and O–H groups in total. The van der Waals surface area contributed by atoms with Gasteiger partial charge in [-0.05, 0) is 24.1 Å². The third-order valence-electron chi connectivity index (χ3n) is 3.02. The van der Waals surface area contributed by atoms with E-state index in [1.165, 1.54) is 6.26 Å². The maximum atomic E-state index is 11.4. The van der Waals surface area contributed by atoms with Gasteiger partial charge in [0.25, 0.3) is 0 Å². The monoisotopic (exact) mass is 266 g/mol. The molecule has 0 aliphatic carbocycles. The highest BCUT2D eigenvalue weighted by Gasteiger charge is 2.12. The summed E-state index contributed by atoms with van der Waals surface area (Å²) in [5.41, 5.74) is 8.61. The molecule has 0 aliphatic rings. The van der Waals surface area contributed by atoms with Crippen LogP contribution < -0.4 is 5.73 Å². The molecule has 18 heavy (non-hydrogen) atoms. The number of hydrogen-bond donors (Lipinski definition) is 1. The average molecular weight is 266 g/mol. The highest BCUT2D eigenvalue weighted by Crippen LogP contribution is 2.24. The molecule has 1 heterocycles. The summed E-state index contributed by atoms with van der Waals surface area (Å²) in [6.45, 7) is 3.35. The van der Waals surface area contributed by atoms with E-state index in [1.807, 2.05) is 31.3 Å². The minimum Gasteiger partial charge on any atom is -0.347 e. The Morgan fingerprint density at radius 3 is 2.61 bits per heavy atom. The molecule has 2 aromatic rings. The normalized spacial score (nSPS) is 12.2. The lowest BCUT2D eigenvalue weighted by Gasteiger charge is -2.02. The first-order valence-electron chi connectivity index (χ1n) is 5.93. The third-order valence-corrected chi connectivity index (χ3v) is 3.86. The predicted molar refractivity (Wildman–Crippen MR) is 74.1 cm³/mol. The fourth-order valence-corrected chi connectivity index (χ4v) is 2.99. The second kappa shape index (κ2) is 4.74. The second-order valence-corrected chi connectivity index (χ2v) is 6.71. The molecule has 0 amide bonds. The topological polar surface area (TPSA) is 65.1 Å². The fourth-order valence-electron chi connectivity index (χ4n) is 2.20. The molecule has 98 valence electrons. The van der Waals surface area contributed by atoms with Gasteiger partial charge in [-0.2, -0.15) is 0 Å². The molecule has 0 atom stereocenters. The quantitative estimate of drug-likeness (QED) is 0.915. The van der Waals surface area contributed by atoms with Crippen LogP contribution >= 0.6 is 0 Å². The van der Waals surface area contributed by atoms with Crippen LogP contribution in [-0.4, -0.2) is 19.2 Å². The van der Waals surface area contributed by atoms with Crippen molar-refractivity contribution in [3.63, 3.8) is 0 Å². The highest BCUT2D eigenvalue weighted by molar-refractivity contribution is 7.89. The zero-order valence-electron chi connectivity index (χ0n) is 10.7. The lowest BCUT2D eigenvalue weighted by atomic mass is 10.1. The molecular weight excluding hydrogens is 248 g/mol. The Morgan fingerprint density at radius 1 is 1.33 bits per heavy atom. The number of hydrogen-bond acceptors (Lipinski definition) is 3. The van der Waals surface area contributed by atoms with Gasteiger partial charge in [-0.1, -0.05) is 12.1 Å². The number of fused-ring (bicyclic) bond motifs is 1. The lowest BCUT2D eigenvalue weighted by molar-refractivity contribution is 0.601. The van der Waals surface area contributed by atoms with Gasteiger partial charge in [-0.25, -0.2) is 8.42 Å². The van der Waals surface area contributed by atoms with Crippen molar-refractivity contribution >= 4 is 20.7 Å². The number of nitrogens with two attached hydrogens (primary N) is 1. The standard InChI is InChI=1S/C13H18N2O2S/c1-3-15-8-11(9-18(2,16)17)12-5-4-10(7-14)6-13(12)15/h4-6,8H,3,7,9,14H2,1-2H3. The minimum atomic E-state index is -3.02. The van der Waals surface area contributed by atoms with Gasteiger partial charge in [0, 0.05) is 36.4 Å². The van der Waals surface area contributed by atoms with Gasteiger partial charge in [-0.3, -0.25) is 0 Å². The smallest absolute Gasteiger partial charge is 0.151 e. The summed E-state index contributed by atoms with van der Waals surface area (Å²) in [7, 11) is -3.02. The molecule has 0 radical (unpaired) electrons. The zero-order valence-corrected chi connectivity index (χ0v) is 11.5. The average Bonchev–Trinajstić information content (AvgIpc) is 2.64. The number of sulfone groups is 1. The Morgan fingerprint density at radius 2 is 2.06 bits per heavy atom. The Hall–Kier alpha value is -1.33. The van der Waals surface area contributed by atoms with Crippen molar-refractivity contribution in [2.45, 2.75) is 25.8 Å². The van der Waals surface area contributed by atoms with E-state index in [0.29, 0.717) is 6.54 Å². The van der Waals surface area contributed by atoms with Crippen LogP contribution in [0.1, 0.15) is 18.1 Å². The summed E-state index contributed by atoms with van der Waals surface area (Å²) >= 11 is 0. The van der Waals surface area contributed by atoms with Crippen molar-refractivity contribution in [2.75, 3.05) is 6.26 Å². The molecule has 5 heteroatoms. The Bertz CT molecular complexity index is 672. The molecular formula is C13H18N2O2S. The van der Waals surface area contributed by atoms with Crippen LogP contribution in [0.15, 0.2) is 24.4 Å². The van der Waals surface area contributed by atoms with Gasteiger partial charge < -0.3 is 10.3 Å². The van der Waals surface area contributed by atoms with E-state index in [9.17, 15) is 8.42 Å². The summed E-state index contributed by atoms with van der Waals surface area (Å²) in [6, 6.07) is 5.95. The van der Waals surface area contributed by atoms with Gasteiger partial charge in [0.1, 0.15) is 0 Å². The summed E-state index contributed by atoms with van der Waals surface area (Å²) in [5.74, 6) is 0.0818. The molecule has 0 saturated heterocycles. The molecule has 2 rings (SSSR count). The van der Waals surface area contributed by atoms with Gasteiger partial charge in [0.05, 0.1) is 5.75 Å². The van der Waals surface area contributed by atoms with Gasteiger partial charge in [0.2, 0.25) is 0 Å². The summed E-state index contributed by atoms with van der Waals surface area (Å²) in [5, 5.41) is 1.000. The first kappa shape index (κ1) is 13.1. The SMILES string of the molecule is CCn1cc(CS(C)(=O)=O)c2ccc(CN)cc21.